The lowest BCUT2D eigenvalue weighted by Crippen LogP contribution is -2.25. The maximum absolute atomic E-state index is 9.87. The van der Waals surface area contributed by atoms with Crippen LogP contribution in [0.15, 0.2) is 42.5 Å². The summed E-state index contributed by atoms with van der Waals surface area (Å²) in [4.78, 5) is 6.93. The molecule has 4 nitrogen and oxygen atoms in total. The number of anilines is 1. The van der Waals surface area contributed by atoms with E-state index in [1.165, 1.54) is 0 Å². The highest BCUT2D eigenvalue weighted by molar-refractivity contribution is 6.42. The number of hydrogen-bond donors (Lipinski definition) is 1. The van der Waals surface area contributed by atoms with Crippen molar-refractivity contribution in [1.29, 1.82) is 0 Å². The third-order valence-corrected chi connectivity index (χ3v) is 5.14. The van der Waals surface area contributed by atoms with Crippen LogP contribution in [0.3, 0.4) is 0 Å². The summed E-state index contributed by atoms with van der Waals surface area (Å²) >= 11 is 12.2. The molecule has 1 atom stereocenters. The lowest BCUT2D eigenvalue weighted by Gasteiger charge is -2.19. The quantitative estimate of drug-likeness (QED) is 0.767. The molecule has 0 unspecified atom stereocenters. The number of rotatable bonds is 3. The highest BCUT2D eigenvalue weighted by Gasteiger charge is 2.25. The first-order valence-corrected chi connectivity index (χ1v) is 8.69. The van der Waals surface area contributed by atoms with E-state index in [9.17, 15) is 5.11 Å². The van der Waals surface area contributed by atoms with Crippen LogP contribution in [-0.2, 0) is 6.54 Å². The highest BCUT2D eigenvalue weighted by Crippen LogP contribution is 2.28. The molecule has 1 saturated heterocycles. The van der Waals surface area contributed by atoms with Crippen LogP contribution in [0.5, 0.6) is 0 Å². The van der Waals surface area contributed by atoms with Gasteiger partial charge in [-0.2, -0.15) is 0 Å². The van der Waals surface area contributed by atoms with E-state index in [0.29, 0.717) is 23.1 Å². The summed E-state index contributed by atoms with van der Waals surface area (Å²) in [5, 5.41) is 11.0. The molecule has 24 heavy (non-hydrogen) atoms. The molecule has 0 aliphatic carbocycles. The number of halogens is 2. The van der Waals surface area contributed by atoms with Crippen molar-refractivity contribution in [3.63, 3.8) is 0 Å². The average molecular weight is 362 g/mol. The summed E-state index contributed by atoms with van der Waals surface area (Å²) < 4.78 is 2.17. The lowest BCUT2D eigenvalue weighted by molar-refractivity contribution is 0.198. The number of para-hydroxylation sites is 2. The van der Waals surface area contributed by atoms with E-state index in [1.54, 1.807) is 0 Å². The van der Waals surface area contributed by atoms with Crippen molar-refractivity contribution >= 4 is 40.2 Å². The minimum atomic E-state index is -0.289. The fraction of sp³-hybridized carbons (Fsp3) is 0.278. The van der Waals surface area contributed by atoms with Crippen LogP contribution in [0, 0.1) is 0 Å². The van der Waals surface area contributed by atoms with Crippen molar-refractivity contribution < 1.29 is 5.11 Å². The Kier molecular flexibility index (Phi) is 4.12. The van der Waals surface area contributed by atoms with Gasteiger partial charge in [-0.05, 0) is 36.2 Å². The SMILES string of the molecule is O[C@H]1CCN(c2nc3ccccc3n2Cc2ccc(Cl)c(Cl)c2)C1. The van der Waals surface area contributed by atoms with Crippen molar-refractivity contribution in [2.75, 3.05) is 18.0 Å². The second-order valence-corrected chi connectivity index (χ2v) is 6.94. The smallest absolute Gasteiger partial charge is 0.206 e. The standard InChI is InChI=1S/C18H17Cl2N3O/c19-14-6-5-12(9-15(14)20)10-23-17-4-2-1-3-16(17)21-18(23)22-8-7-13(24)11-22/h1-6,9,13,24H,7-8,10-11H2/t13-/m0/s1. The second-order valence-electron chi connectivity index (χ2n) is 6.12. The number of hydrogen-bond acceptors (Lipinski definition) is 3. The molecule has 0 amide bonds. The fourth-order valence-electron chi connectivity index (χ4n) is 3.20. The van der Waals surface area contributed by atoms with Gasteiger partial charge in [-0.3, -0.25) is 0 Å². The molecule has 3 aromatic rings. The van der Waals surface area contributed by atoms with E-state index in [0.717, 1.165) is 35.5 Å². The minimum absolute atomic E-state index is 0.289. The van der Waals surface area contributed by atoms with Crippen LogP contribution < -0.4 is 4.90 Å². The molecule has 124 valence electrons. The Morgan fingerprint density at radius 1 is 1.12 bits per heavy atom. The van der Waals surface area contributed by atoms with Crippen LogP contribution in [0.4, 0.5) is 5.95 Å². The Morgan fingerprint density at radius 3 is 2.71 bits per heavy atom. The minimum Gasteiger partial charge on any atom is -0.391 e. The number of imidazole rings is 1. The number of aliphatic hydroxyl groups is 1. The van der Waals surface area contributed by atoms with E-state index in [4.69, 9.17) is 28.2 Å². The molecule has 4 rings (SSSR count). The van der Waals surface area contributed by atoms with E-state index in [1.807, 2.05) is 36.4 Å². The van der Waals surface area contributed by atoms with Crippen molar-refractivity contribution in [3.8, 4) is 0 Å². The average Bonchev–Trinajstić information content (AvgIpc) is 3.15. The number of benzene rings is 2. The van der Waals surface area contributed by atoms with Crippen molar-refractivity contribution in [3.05, 3.63) is 58.1 Å². The van der Waals surface area contributed by atoms with Crippen molar-refractivity contribution in [2.45, 2.75) is 19.1 Å². The molecule has 0 bridgehead atoms. The largest absolute Gasteiger partial charge is 0.391 e. The third kappa shape index (κ3) is 2.86. The Balaban J connectivity index is 1.78. The van der Waals surface area contributed by atoms with Crippen molar-refractivity contribution in [2.24, 2.45) is 0 Å². The van der Waals surface area contributed by atoms with E-state index in [2.05, 4.69) is 15.5 Å². The van der Waals surface area contributed by atoms with Crippen LogP contribution in [0.2, 0.25) is 10.0 Å². The summed E-state index contributed by atoms with van der Waals surface area (Å²) in [7, 11) is 0. The molecular weight excluding hydrogens is 345 g/mol. The van der Waals surface area contributed by atoms with Gasteiger partial charge in [-0.25, -0.2) is 4.98 Å². The van der Waals surface area contributed by atoms with Gasteiger partial charge in [-0.1, -0.05) is 41.4 Å². The molecule has 1 aliphatic heterocycles. The molecule has 2 aromatic carbocycles. The van der Waals surface area contributed by atoms with Gasteiger partial charge in [0.25, 0.3) is 0 Å². The van der Waals surface area contributed by atoms with E-state index in [-0.39, 0.29) is 6.10 Å². The molecule has 0 spiro atoms. The van der Waals surface area contributed by atoms with Gasteiger partial charge in [0, 0.05) is 13.1 Å². The van der Waals surface area contributed by atoms with Crippen LogP contribution in [0.1, 0.15) is 12.0 Å². The zero-order valence-electron chi connectivity index (χ0n) is 13.0. The third-order valence-electron chi connectivity index (χ3n) is 4.41. The predicted octanol–water partition coefficient (Wildman–Crippen LogP) is 3.96. The molecule has 1 N–H and O–H groups in total. The molecule has 2 heterocycles. The molecular formula is C18H17Cl2N3O. The summed E-state index contributed by atoms with van der Waals surface area (Å²) in [5.41, 5.74) is 3.09. The van der Waals surface area contributed by atoms with E-state index >= 15 is 0 Å². The Labute approximate surface area is 150 Å². The lowest BCUT2D eigenvalue weighted by atomic mass is 10.2. The Hall–Kier alpha value is -1.75. The first kappa shape index (κ1) is 15.8. The molecule has 6 heteroatoms. The van der Waals surface area contributed by atoms with Crippen molar-refractivity contribution in [1.82, 2.24) is 9.55 Å². The topological polar surface area (TPSA) is 41.3 Å². The van der Waals surface area contributed by atoms with Gasteiger partial charge in [-0.15, -0.1) is 0 Å². The summed E-state index contributed by atoms with van der Waals surface area (Å²) in [6.45, 7) is 2.08. The Morgan fingerprint density at radius 2 is 1.96 bits per heavy atom. The Bertz CT molecular complexity index is 893. The van der Waals surface area contributed by atoms with E-state index < -0.39 is 0 Å². The van der Waals surface area contributed by atoms with Crippen LogP contribution in [0.25, 0.3) is 11.0 Å². The molecule has 1 fully saturated rings. The number of fused-ring (bicyclic) bond motifs is 1. The second kappa shape index (κ2) is 6.28. The molecule has 1 aliphatic rings. The highest BCUT2D eigenvalue weighted by atomic mass is 35.5. The number of aromatic nitrogens is 2. The monoisotopic (exact) mass is 361 g/mol. The molecule has 0 radical (unpaired) electrons. The number of aliphatic hydroxyl groups excluding tert-OH is 1. The maximum Gasteiger partial charge on any atom is 0.206 e. The maximum atomic E-state index is 9.87. The number of nitrogens with zero attached hydrogens (tertiary/aromatic N) is 3. The van der Waals surface area contributed by atoms with Gasteiger partial charge in [0.2, 0.25) is 5.95 Å². The van der Waals surface area contributed by atoms with Gasteiger partial charge >= 0.3 is 0 Å². The normalized spacial score (nSPS) is 17.8. The zero-order chi connectivity index (χ0) is 16.7. The van der Waals surface area contributed by atoms with Gasteiger partial charge in [0.05, 0.1) is 33.7 Å². The molecule has 0 saturated carbocycles. The molecule has 1 aromatic heterocycles. The predicted molar refractivity (Wildman–Crippen MR) is 98.1 cm³/mol. The summed E-state index contributed by atoms with van der Waals surface area (Å²) in [6, 6.07) is 13.8. The van der Waals surface area contributed by atoms with Crippen LogP contribution >= 0.6 is 23.2 Å². The fourth-order valence-corrected chi connectivity index (χ4v) is 3.52. The van der Waals surface area contributed by atoms with Gasteiger partial charge in [0.15, 0.2) is 0 Å². The first-order chi connectivity index (χ1) is 11.6. The zero-order valence-corrected chi connectivity index (χ0v) is 14.5. The summed E-state index contributed by atoms with van der Waals surface area (Å²) in [6.07, 6.45) is 0.485. The van der Waals surface area contributed by atoms with Crippen LogP contribution in [-0.4, -0.2) is 33.9 Å². The first-order valence-electron chi connectivity index (χ1n) is 7.94. The summed E-state index contributed by atoms with van der Waals surface area (Å²) in [5.74, 6) is 0.888. The van der Waals surface area contributed by atoms with Gasteiger partial charge in [0.1, 0.15) is 0 Å². The van der Waals surface area contributed by atoms with Gasteiger partial charge < -0.3 is 14.6 Å². The number of β-amino-alcohol motifs (C(OH)–C–C–N with tert-alkyl or cyclic N) is 1.